The smallest absolute Gasteiger partial charge is 0.257 e. The molecule has 2 aromatic carbocycles. The molecule has 2 heterocycles. The third kappa shape index (κ3) is 2.94. The normalized spacial score (nSPS) is 15.7. The minimum Gasteiger partial charge on any atom is -0.306 e. The zero-order chi connectivity index (χ0) is 18.3. The first-order chi connectivity index (χ1) is 12.5. The van der Waals surface area contributed by atoms with Crippen molar-refractivity contribution in [1.82, 2.24) is 9.78 Å². The number of halogens is 1. The predicted molar refractivity (Wildman–Crippen MR) is 98.2 cm³/mol. The zero-order valence-electron chi connectivity index (χ0n) is 14.0. The molecule has 0 radical (unpaired) electrons. The van der Waals surface area contributed by atoms with Gasteiger partial charge in [0.25, 0.3) is 5.91 Å². The van der Waals surface area contributed by atoms with Gasteiger partial charge in [-0.25, -0.2) is 9.07 Å². The molecular weight excluding hydrogens is 353 g/mol. The van der Waals surface area contributed by atoms with Crippen LogP contribution in [0.25, 0.3) is 5.69 Å². The van der Waals surface area contributed by atoms with E-state index in [1.165, 1.54) is 12.1 Å². The maximum Gasteiger partial charge on any atom is 0.257 e. The molecule has 1 N–H and O–H groups in total. The fourth-order valence-electron chi connectivity index (χ4n) is 3.03. The second-order valence-corrected chi connectivity index (χ2v) is 7.62. The molecule has 1 aliphatic heterocycles. The first-order valence-electron chi connectivity index (χ1n) is 8.11. The molecule has 1 atom stereocenters. The molecule has 3 aromatic rings. The largest absolute Gasteiger partial charge is 0.306 e. The standard InChI is InChI=1S/C19H16FN3O2S/c1-12-4-2-3-5-15(12)19(24)21-18-16-10-26(25)11-17(16)22-23(18)14-8-6-13(20)7-9-14/h2-9H,10-11H2,1H3,(H,21,24). The van der Waals surface area contributed by atoms with Crippen LogP contribution in [0.3, 0.4) is 0 Å². The van der Waals surface area contributed by atoms with E-state index in [-0.39, 0.29) is 11.7 Å². The lowest BCUT2D eigenvalue weighted by atomic mass is 10.1. The number of carbonyl (C=O) groups excluding carboxylic acids is 1. The number of carbonyl (C=O) groups is 1. The highest BCUT2D eigenvalue weighted by molar-refractivity contribution is 7.83. The van der Waals surface area contributed by atoms with Crippen molar-refractivity contribution in [2.45, 2.75) is 18.4 Å². The quantitative estimate of drug-likeness (QED) is 0.770. The van der Waals surface area contributed by atoms with Gasteiger partial charge in [-0.2, -0.15) is 5.10 Å². The van der Waals surface area contributed by atoms with Crippen LogP contribution in [0.4, 0.5) is 10.2 Å². The average molecular weight is 369 g/mol. The van der Waals surface area contributed by atoms with Gasteiger partial charge in [-0.3, -0.25) is 9.00 Å². The van der Waals surface area contributed by atoms with Gasteiger partial charge in [0.15, 0.2) is 0 Å². The van der Waals surface area contributed by atoms with Crippen LogP contribution in [0, 0.1) is 12.7 Å². The van der Waals surface area contributed by atoms with Crippen LogP contribution < -0.4 is 5.32 Å². The van der Waals surface area contributed by atoms with Crippen molar-refractivity contribution >= 4 is 22.5 Å². The van der Waals surface area contributed by atoms with Crippen molar-refractivity contribution < 1.29 is 13.4 Å². The van der Waals surface area contributed by atoms with Crippen LogP contribution in [-0.2, 0) is 22.3 Å². The van der Waals surface area contributed by atoms with Crippen molar-refractivity contribution in [3.63, 3.8) is 0 Å². The van der Waals surface area contributed by atoms with E-state index < -0.39 is 10.8 Å². The van der Waals surface area contributed by atoms with E-state index >= 15 is 0 Å². The van der Waals surface area contributed by atoms with Gasteiger partial charge in [-0.1, -0.05) is 18.2 Å². The summed E-state index contributed by atoms with van der Waals surface area (Å²) in [4.78, 5) is 12.8. The molecule has 0 aliphatic carbocycles. The lowest BCUT2D eigenvalue weighted by molar-refractivity contribution is 0.102. The van der Waals surface area contributed by atoms with E-state index in [0.717, 1.165) is 11.1 Å². The van der Waals surface area contributed by atoms with Crippen LogP contribution in [0.1, 0.15) is 27.2 Å². The number of fused-ring (bicyclic) bond motifs is 1. The first kappa shape index (κ1) is 16.7. The van der Waals surface area contributed by atoms with E-state index in [1.807, 2.05) is 19.1 Å². The van der Waals surface area contributed by atoms with Crippen molar-refractivity contribution in [1.29, 1.82) is 0 Å². The van der Waals surface area contributed by atoms with E-state index in [1.54, 1.807) is 28.9 Å². The average Bonchev–Trinajstić information content (AvgIpc) is 3.13. The fraction of sp³-hybridized carbons (Fsp3) is 0.158. The summed E-state index contributed by atoms with van der Waals surface area (Å²) in [5, 5.41) is 7.41. The molecule has 0 saturated carbocycles. The van der Waals surface area contributed by atoms with Gasteiger partial charge in [0, 0.05) is 21.9 Å². The second-order valence-electron chi connectivity index (χ2n) is 6.16. The number of hydrogen-bond acceptors (Lipinski definition) is 3. The van der Waals surface area contributed by atoms with Gasteiger partial charge in [0.1, 0.15) is 11.6 Å². The number of benzene rings is 2. The maximum atomic E-state index is 13.3. The molecule has 0 spiro atoms. The molecular formula is C19H16FN3O2S. The van der Waals surface area contributed by atoms with Crippen molar-refractivity contribution in [3.8, 4) is 5.69 Å². The van der Waals surface area contributed by atoms with Gasteiger partial charge in [0.2, 0.25) is 0 Å². The van der Waals surface area contributed by atoms with E-state index in [2.05, 4.69) is 10.4 Å². The number of nitrogens with zero attached hydrogens (tertiary/aromatic N) is 2. The number of hydrogen-bond donors (Lipinski definition) is 1. The third-order valence-corrected chi connectivity index (χ3v) is 5.57. The molecule has 5 nitrogen and oxygen atoms in total. The van der Waals surface area contributed by atoms with Crippen molar-refractivity contribution in [2.75, 3.05) is 5.32 Å². The Morgan fingerprint density at radius 1 is 1.15 bits per heavy atom. The van der Waals surface area contributed by atoms with E-state index in [9.17, 15) is 13.4 Å². The van der Waals surface area contributed by atoms with Crippen LogP contribution in [0.5, 0.6) is 0 Å². The highest BCUT2D eigenvalue weighted by atomic mass is 32.2. The van der Waals surface area contributed by atoms with Crippen LogP contribution >= 0.6 is 0 Å². The Kier molecular flexibility index (Phi) is 4.16. The summed E-state index contributed by atoms with van der Waals surface area (Å²) in [6.07, 6.45) is 0. The number of amides is 1. The zero-order valence-corrected chi connectivity index (χ0v) is 14.8. The topological polar surface area (TPSA) is 64.0 Å². The fourth-order valence-corrected chi connectivity index (χ4v) is 4.29. The van der Waals surface area contributed by atoms with Crippen LogP contribution in [0.15, 0.2) is 48.5 Å². The maximum absolute atomic E-state index is 13.3. The lowest BCUT2D eigenvalue weighted by Gasteiger charge is -2.12. The van der Waals surface area contributed by atoms with Crippen molar-refractivity contribution in [2.24, 2.45) is 0 Å². The molecule has 132 valence electrons. The molecule has 4 rings (SSSR count). The van der Waals surface area contributed by atoms with Gasteiger partial charge in [-0.05, 0) is 42.8 Å². The Morgan fingerprint density at radius 2 is 1.88 bits per heavy atom. The van der Waals surface area contributed by atoms with E-state index in [0.29, 0.717) is 34.3 Å². The van der Waals surface area contributed by atoms with E-state index in [4.69, 9.17) is 0 Å². The highest BCUT2D eigenvalue weighted by Gasteiger charge is 2.28. The summed E-state index contributed by atoms with van der Waals surface area (Å²) in [5.41, 5.74) is 3.53. The summed E-state index contributed by atoms with van der Waals surface area (Å²) in [7, 11) is -1.02. The van der Waals surface area contributed by atoms with Gasteiger partial charge in [0.05, 0.1) is 22.9 Å². The summed E-state index contributed by atoms with van der Waals surface area (Å²) < 4.78 is 26.7. The summed E-state index contributed by atoms with van der Waals surface area (Å²) >= 11 is 0. The lowest BCUT2D eigenvalue weighted by Crippen LogP contribution is -2.17. The Hall–Kier alpha value is -2.80. The molecule has 26 heavy (non-hydrogen) atoms. The molecule has 1 unspecified atom stereocenters. The molecule has 1 aromatic heterocycles. The Balaban J connectivity index is 1.77. The number of aryl methyl sites for hydroxylation is 1. The monoisotopic (exact) mass is 369 g/mol. The summed E-state index contributed by atoms with van der Waals surface area (Å²) in [6.45, 7) is 1.87. The number of anilines is 1. The number of nitrogens with one attached hydrogen (secondary N) is 1. The van der Waals surface area contributed by atoms with Gasteiger partial charge >= 0.3 is 0 Å². The number of rotatable bonds is 3. The molecule has 7 heteroatoms. The molecule has 0 saturated heterocycles. The molecule has 0 fully saturated rings. The third-order valence-electron chi connectivity index (χ3n) is 4.36. The van der Waals surface area contributed by atoms with Gasteiger partial charge in [-0.15, -0.1) is 0 Å². The SMILES string of the molecule is Cc1ccccc1C(=O)Nc1c2c(nn1-c1ccc(F)cc1)CS(=O)C2. The highest BCUT2D eigenvalue weighted by Crippen LogP contribution is 2.31. The van der Waals surface area contributed by atoms with Crippen molar-refractivity contribution in [3.05, 3.63) is 76.7 Å². The Labute approximate surface area is 152 Å². The molecule has 1 amide bonds. The second kappa shape index (κ2) is 6.49. The number of aromatic nitrogens is 2. The van der Waals surface area contributed by atoms with Crippen LogP contribution in [0.2, 0.25) is 0 Å². The van der Waals surface area contributed by atoms with Gasteiger partial charge < -0.3 is 5.32 Å². The summed E-state index contributed by atoms with van der Waals surface area (Å²) in [5.74, 6) is 0.592. The minimum atomic E-state index is -1.02. The summed E-state index contributed by atoms with van der Waals surface area (Å²) in [6, 6.07) is 13.2. The molecule has 0 bridgehead atoms. The Morgan fingerprint density at radius 3 is 2.62 bits per heavy atom. The van der Waals surface area contributed by atoms with Crippen LogP contribution in [-0.4, -0.2) is 19.9 Å². The molecule has 1 aliphatic rings. The minimum absolute atomic E-state index is 0.258. The Bertz CT molecular complexity index is 1030. The first-order valence-corrected chi connectivity index (χ1v) is 9.60. The predicted octanol–water partition coefficient (Wildman–Crippen LogP) is 3.33.